The van der Waals surface area contributed by atoms with Gasteiger partial charge in [0.1, 0.15) is 11.8 Å². The van der Waals surface area contributed by atoms with Gasteiger partial charge in [0.15, 0.2) is 6.61 Å². The molecule has 0 aromatic heterocycles. The minimum atomic E-state index is 0.0673. The molecule has 1 unspecified atom stereocenters. The number of terminal acetylenes is 1. The fraction of sp³-hybridized carbons (Fsp3) is 0.400. The average molecular weight is 227 g/mol. The van der Waals surface area contributed by atoms with Gasteiger partial charge < -0.3 is 4.74 Å². The van der Waals surface area contributed by atoms with Gasteiger partial charge in [0.25, 0.3) is 0 Å². The Kier molecular flexibility index (Phi) is 5.11. The topological polar surface area (TPSA) is 33.0 Å². The Morgan fingerprint density at radius 1 is 1.35 bits per heavy atom. The minimum absolute atomic E-state index is 0.0673. The molecular weight excluding hydrogens is 210 g/mol. The van der Waals surface area contributed by atoms with Gasteiger partial charge in [-0.05, 0) is 17.5 Å². The van der Waals surface area contributed by atoms with Crippen LogP contribution < -0.4 is 4.74 Å². The van der Waals surface area contributed by atoms with E-state index in [2.05, 4.69) is 19.8 Å². The number of para-hydroxylation sites is 1. The predicted octanol–water partition coefficient (Wildman–Crippen LogP) is 3.35. The molecule has 0 aliphatic rings. The molecule has 1 aromatic rings. The Balaban J connectivity index is 3.02. The van der Waals surface area contributed by atoms with E-state index >= 15 is 0 Å². The Morgan fingerprint density at radius 3 is 2.65 bits per heavy atom. The van der Waals surface area contributed by atoms with Crippen LogP contribution in [0, 0.1) is 29.6 Å². The zero-order valence-corrected chi connectivity index (χ0v) is 10.3. The van der Waals surface area contributed by atoms with E-state index in [1.807, 2.05) is 30.3 Å². The van der Waals surface area contributed by atoms with E-state index in [9.17, 15) is 0 Å². The van der Waals surface area contributed by atoms with Crippen molar-refractivity contribution in [3.8, 4) is 24.2 Å². The minimum Gasteiger partial charge on any atom is -0.478 e. The summed E-state index contributed by atoms with van der Waals surface area (Å²) in [5.74, 6) is 4.19. The maximum absolute atomic E-state index is 8.56. The molecule has 0 saturated heterocycles. The standard InChI is InChI=1S/C15H17NO/c1-4-7-13(12(2)3)14-8-5-6-9-15(14)17-11-10-16/h1,5-6,8-9,12-13H,7,11H2,2-3H3. The molecule has 17 heavy (non-hydrogen) atoms. The first-order valence-electron chi connectivity index (χ1n) is 5.72. The fourth-order valence-corrected chi connectivity index (χ4v) is 1.86. The number of nitrogens with zero attached hydrogens (tertiary/aromatic N) is 1. The molecule has 2 nitrogen and oxygen atoms in total. The zero-order valence-electron chi connectivity index (χ0n) is 10.3. The highest BCUT2D eigenvalue weighted by Crippen LogP contribution is 2.34. The van der Waals surface area contributed by atoms with Gasteiger partial charge in [-0.3, -0.25) is 0 Å². The van der Waals surface area contributed by atoms with Crippen LogP contribution in [0.1, 0.15) is 31.7 Å². The van der Waals surface area contributed by atoms with E-state index in [1.54, 1.807) is 0 Å². The normalized spacial score (nSPS) is 11.6. The van der Waals surface area contributed by atoms with E-state index in [1.165, 1.54) is 0 Å². The molecule has 1 aromatic carbocycles. The van der Waals surface area contributed by atoms with Gasteiger partial charge in [-0.2, -0.15) is 5.26 Å². The largest absolute Gasteiger partial charge is 0.478 e. The van der Waals surface area contributed by atoms with Crippen LogP contribution >= 0.6 is 0 Å². The molecule has 0 aliphatic heterocycles. The fourth-order valence-electron chi connectivity index (χ4n) is 1.86. The summed E-state index contributed by atoms with van der Waals surface area (Å²) >= 11 is 0. The molecule has 2 heteroatoms. The van der Waals surface area contributed by atoms with Gasteiger partial charge in [-0.25, -0.2) is 0 Å². The van der Waals surface area contributed by atoms with Crippen molar-refractivity contribution >= 4 is 0 Å². The second-order valence-corrected chi connectivity index (χ2v) is 4.24. The van der Waals surface area contributed by atoms with Crippen molar-refractivity contribution in [3.63, 3.8) is 0 Å². The van der Waals surface area contributed by atoms with Crippen LogP contribution in [0.5, 0.6) is 5.75 Å². The predicted molar refractivity (Wildman–Crippen MR) is 68.6 cm³/mol. The zero-order chi connectivity index (χ0) is 12.7. The van der Waals surface area contributed by atoms with Crippen LogP contribution in [-0.2, 0) is 0 Å². The van der Waals surface area contributed by atoms with Crippen molar-refractivity contribution in [1.29, 1.82) is 5.26 Å². The molecule has 0 aliphatic carbocycles. The monoisotopic (exact) mass is 227 g/mol. The lowest BCUT2D eigenvalue weighted by molar-refractivity contribution is 0.355. The summed E-state index contributed by atoms with van der Waals surface area (Å²) in [5.41, 5.74) is 1.09. The summed E-state index contributed by atoms with van der Waals surface area (Å²) in [6.45, 7) is 4.35. The number of nitriles is 1. The van der Waals surface area contributed by atoms with Gasteiger partial charge in [0.05, 0.1) is 0 Å². The second kappa shape index (κ2) is 6.61. The first kappa shape index (κ1) is 13.1. The first-order chi connectivity index (χ1) is 8.20. The summed E-state index contributed by atoms with van der Waals surface area (Å²) in [6.07, 6.45) is 6.10. The first-order valence-corrected chi connectivity index (χ1v) is 5.72. The summed E-state index contributed by atoms with van der Waals surface area (Å²) in [4.78, 5) is 0. The Labute approximate surface area is 103 Å². The molecule has 88 valence electrons. The van der Waals surface area contributed by atoms with Crippen molar-refractivity contribution in [3.05, 3.63) is 29.8 Å². The molecular formula is C15H17NO. The third-order valence-electron chi connectivity index (χ3n) is 2.75. The van der Waals surface area contributed by atoms with E-state index in [4.69, 9.17) is 16.4 Å². The molecule has 0 N–H and O–H groups in total. The summed E-state index contributed by atoms with van der Waals surface area (Å²) < 4.78 is 5.43. The molecule has 0 bridgehead atoms. The molecule has 0 spiro atoms. The third kappa shape index (κ3) is 3.54. The van der Waals surface area contributed by atoms with Gasteiger partial charge in [-0.15, -0.1) is 12.3 Å². The van der Waals surface area contributed by atoms with Gasteiger partial charge in [-0.1, -0.05) is 32.0 Å². The number of hydrogen-bond acceptors (Lipinski definition) is 2. The van der Waals surface area contributed by atoms with Crippen molar-refractivity contribution in [2.24, 2.45) is 5.92 Å². The molecule has 0 heterocycles. The van der Waals surface area contributed by atoms with E-state index in [0.717, 1.165) is 11.3 Å². The van der Waals surface area contributed by atoms with Crippen molar-refractivity contribution in [2.45, 2.75) is 26.2 Å². The van der Waals surface area contributed by atoms with Crippen LogP contribution in [-0.4, -0.2) is 6.61 Å². The molecule has 0 amide bonds. The quantitative estimate of drug-likeness (QED) is 0.723. The van der Waals surface area contributed by atoms with E-state index in [-0.39, 0.29) is 12.5 Å². The Morgan fingerprint density at radius 2 is 2.06 bits per heavy atom. The molecule has 1 atom stereocenters. The van der Waals surface area contributed by atoms with E-state index in [0.29, 0.717) is 12.3 Å². The highest BCUT2D eigenvalue weighted by Gasteiger charge is 2.18. The number of hydrogen-bond donors (Lipinski definition) is 0. The second-order valence-electron chi connectivity index (χ2n) is 4.24. The van der Waals surface area contributed by atoms with Crippen LogP contribution in [0.3, 0.4) is 0 Å². The smallest absolute Gasteiger partial charge is 0.174 e. The van der Waals surface area contributed by atoms with Gasteiger partial charge in [0.2, 0.25) is 0 Å². The van der Waals surface area contributed by atoms with Gasteiger partial charge >= 0.3 is 0 Å². The van der Waals surface area contributed by atoms with Crippen LogP contribution in [0.15, 0.2) is 24.3 Å². The number of rotatable bonds is 5. The molecule has 0 radical (unpaired) electrons. The molecule has 0 saturated carbocycles. The maximum atomic E-state index is 8.56. The SMILES string of the molecule is C#CCC(c1ccccc1OCC#N)C(C)C. The summed E-state index contributed by atoms with van der Waals surface area (Å²) in [5, 5.41) is 8.56. The lowest BCUT2D eigenvalue weighted by Gasteiger charge is -2.21. The lowest BCUT2D eigenvalue weighted by Crippen LogP contribution is -2.08. The average Bonchev–Trinajstić information content (AvgIpc) is 2.33. The van der Waals surface area contributed by atoms with Gasteiger partial charge in [0, 0.05) is 12.3 Å². The van der Waals surface area contributed by atoms with Crippen molar-refractivity contribution in [2.75, 3.05) is 6.61 Å². The highest BCUT2D eigenvalue weighted by atomic mass is 16.5. The van der Waals surface area contributed by atoms with E-state index < -0.39 is 0 Å². The lowest BCUT2D eigenvalue weighted by atomic mass is 9.85. The van der Waals surface area contributed by atoms with Crippen molar-refractivity contribution in [1.82, 2.24) is 0 Å². The summed E-state index contributed by atoms with van der Waals surface area (Å²) in [7, 11) is 0. The Bertz CT molecular complexity index is 437. The molecule has 1 rings (SSSR count). The number of ether oxygens (including phenoxy) is 1. The van der Waals surface area contributed by atoms with Crippen molar-refractivity contribution < 1.29 is 4.74 Å². The molecule has 0 fully saturated rings. The van der Waals surface area contributed by atoms with Crippen LogP contribution in [0.2, 0.25) is 0 Å². The summed E-state index contributed by atoms with van der Waals surface area (Å²) in [6, 6.07) is 9.77. The third-order valence-corrected chi connectivity index (χ3v) is 2.75. The van der Waals surface area contributed by atoms with Crippen LogP contribution in [0.25, 0.3) is 0 Å². The number of benzene rings is 1. The van der Waals surface area contributed by atoms with Crippen LogP contribution in [0.4, 0.5) is 0 Å². The Hall–Kier alpha value is -1.93. The highest BCUT2D eigenvalue weighted by molar-refractivity contribution is 5.37. The maximum Gasteiger partial charge on any atom is 0.174 e.